The Hall–Kier alpha value is -4.35. The van der Waals surface area contributed by atoms with Crippen LogP contribution in [0.25, 0.3) is 11.5 Å². The number of carboxylic acid groups (broad SMARTS) is 1. The second-order valence-corrected chi connectivity index (χ2v) is 8.32. The molecule has 0 unspecified atom stereocenters. The SMILES string of the molecule is O=C(O)CCC(=O)N1CCN(c2ccc(NC(=O)c3nc(-c4ccccc4)oc3C(F)(F)F)cc2)CC1. The van der Waals surface area contributed by atoms with Crippen LogP contribution in [0, 0.1) is 0 Å². The second kappa shape index (κ2) is 10.7. The molecule has 12 heteroatoms. The Morgan fingerprint density at radius 1 is 0.946 bits per heavy atom. The lowest BCUT2D eigenvalue weighted by atomic mass is 10.2. The third-order valence-electron chi connectivity index (χ3n) is 5.80. The van der Waals surface area contributed by atoms with E-state index in [1.54, 1.807) is 47.4 Å². The van der Waals surface area contributed by atoms with E-state index in [0.717, 1.165) is 5.69 Å². The molecule has 1 aliphatic heterocycles. The number of aromatic nitrogens is 1. The molecule has 0 atom stereocenters. The molecule has 1 saturated heterocycles. The van der Waals surface area contributed by atoms with Crippen molar-refractivity contribution in [2.45, 2.75) is 19.0 Å². The summed E-state index contributed by atoms with van der Waals surface area (Å²) in [4.78, 5) is 42.9. The van der Waals surface area contributed by atoms with E-state index in [1.807, 2.05) is 4.90 Å². The number of anilines is 2. The highest BCUT2D eigenvalue weighted by atomic mass is 19.4. The van der Waals surface area contributed by atoms with E-state index in [1.165, 1.54) is 12.1 Å². The van der Waals surface area contributed by atoms with Crippen molar-refractivity contribution in [3.63, 3.8) is 0 Å². The van der Waals surface area contributed by atoms with E-state index >= 15 is 0 Å². The molecule has 4 rings (SSSR count). The van der Waals surface area contributed by atoms with Crippen molar-refractivity contribution >= 4 is 29.2 Å². The summed E-state index contributed by atoms with van der Waals surface area (Å²) in [7, 11) is 0. The Morgan fingerprint density at radius 3 is 2.19 bits per heavy atom. The fraction of sp³-hybridized carbons (Fsp3) is 0.280. The summed E-state index contributed by atoms with van der Waals surface area (Å²) in [6, 6.07) is 14.5. The Balaban J connectivity index is 1.40. The Labute approximate surface area is 209 Å². The number of hydrogen-bond donors (Lipinski definition) is 2. The molecule has 0 bridgehead atoms. The molecular weight excluding hydrogens is 493 g/mol. The molecule has 0 saturated carbocycles. The summed E-state index contributed by atoms with van der Waals surface area (Å²) in [5.74, 6) is -4.07. The van der Waals surface area contributed by atoms with Gasteiger partial charge in [-0.3, -0.25) is 14.4 Å². The summed E-state index contributed by atoms with van der Waals surface area (Å²) in [6.45, 7) is 1.93. The van der Waals surface area contributed by atoms with Crippen molar-refractivity contribution in [1.82, 2.24) is 9.88 Å². The van der Waals surface area contributed by atoms with E-state index in [9.17, 15) is 27.6 Å². The Morgan fingerprint density at radius 2 is 1.59 bits per heavy atom. The number of amides is 2. The van der Waals surface area contributed by atoms with Gasteiger partial charge in [0, 0.05) is 49.5 Å². The van der Waals surface area contributed by atoms with Crippen molar-refractivity contribution in [3.05, 3.63) is 66.1 Å². The number of hydrogen-bond acceptors (Lipinski definition) is 6. The average molecular weight is 516 g/mol. The van der Waals surface area contributed by atoms with Crippen molar-refractivity contribution in [3.8, 4) is 11.5 Å². The van der Waals surface area contributed by atoms with E-state index in [-0.39, 0.29) is 30.3 Å². The van der Waals surface area contributed by atoms with Crippen molar-refractivity contribution in [1.29, 1.82) is 0 Å². The summed E-state index contributed by atoms with van der Waals surface area (Å²) in [6.07, 6.45) is -5.16. The molecule has 1 aliphatic rings. The van der Waals surface area contributed by atoms with Gasteiger partial charge in [-0.15, -0.1) is 0 Å². The van der Waals surface area contributed by atoms with Crippen LogP contribution in [0.2, 0.25) is 0 Å². The molecule has 0 aliphatic carbocycles. The zero-order valence-electron chi connectivity index (χ0n) is 19.5. The number of carboxylic acids is 1. The summed E-state index contributed by atoms with van der Waals surface area (Å²) < 4.78 is 45.5. The average Bonchev–Trinajstić information content (AvgIpc) is 3.35. The monoisotopic (exact) mass is 516 g/mol. The highest BCUT2D eigenvalue weighted by Gasteiger charge is 2.42. The maximum absolute atomic E-state index is 13.5. The fourth-order valence-electron chi connectivity index (χ4n) is 3.90. The summed E-state index contributed by atoms with van der Waals surface area (Å²) in [5.41, 5.74) is 0.521. The molecule has 2 heterocycles. The van der Waals surface area contributed by atoms with Gasteiger partial charge in [0.05, 0.1) is 6.42 Å². The lowest BCUT2D eigenvalue weighted by Crippen LogP contribution is -2.48. The first-order valence-corrected chi connectivity index (χ1v) is 11.4. The molecular formula is C25H23F3N4O5. The minimum atomic E-state index is -4.91. The van der Waals surface area contributed by atoms with Gasteiger partial charge >= 0.3 is 12.1 Å². The molecule has 37 heavy (non-hydrogen) atoms. The van der Waals surface area contributed by atoms with Crippen molar-refractivity contribution in [2.24, 2.45) is 0 Å². The summed E-state index contributed by atoms with van der Waals surface area (Å²) >= 11 is 0. The quantitative estimate of drug-likeness (QED) is 0.485. The van der Waals surface area contributed by atoms with Gasteiger partial charge in [-0.1, -0.05) is 18.2 Å². The third-order valence-corrected chi connectivity index (χ3v) is 5.80. The number of carbonyl (C=O) groups is 3. The number of nitrogens with one attached hydrogen (secondary N) is 1. The van der Waals surface area contributed by atoms with Gasteiger partial charge in [0.15, 0.2) is 5.69 Å². The van der Waals surface area contributed by atoms with E-state index in [2.05, 4.69) is 10.3 Å². The van der Waals surface area contributed by atoms with Gasteiger partial charge in [0.25, 0.3) is 5.91 Å². The topological polar surface area (TPSA) is 116 Å². The third kappa shape index (κ3) is 6.26. The normalized spacial score (nSPS) is 13.9. The Bertz CT molecular complexity index is 1270. The standard InChI is InChI=1S/C25H23F3N4O5/c26-25(27,28)22-21(30-24(37-22)16-4-2-1-3-5-16)23(36)29-17-6-8-18(9-7-17)31-12-14-32(15-13-31)19(33)10-11-20(34)35/h1-9H,10-15H2,(H,29,36)(H,34,35). The van der Waals surface area contributed by atoms with Crippen LogP contribution in [0.4, 0.5) is 24.5 Å². The predicted octanol–water partition coefficient (Wildman–Crippen LogP) is 4.13. The lowest BCUT2D eigenvalue weighted by molar-refractivity contribution is -0.153. The number of halogens is 3. The first-order valence-electron chi connectivity index (χ1n) is 11.4. The number of aliphatic carboxylic acids is 1. The minimum Gasteiger partial charge on any atom is -0.481 e. The number of nitrogens with zero attached hydrogens (tertiary/aromatic N) is 3. The van der Waals surface area contributed by atoms with Crippen molar-refractivity contribution in [2.75, 3.05) is 36.4 Å². The van der Waals surface area contributed by atoms with Gasteiger partial charge in [-0.25, -0.2) is 4.98 Å². The van der Waals surface area contributed by atoms with Crippen LogP contribution in [-0.4, -0.2) is 59.0 Å². The molecule has 194 valence electrons. The minimum absolute atomic E-state index is 0.0435. The smallest absolute Gasteiger partial charge is 0.452 e. The van der Waals surface area contributed by atoms with E-state index in [0.29, 0.717) is 31.7 Å². The Kier molecular flexibility index (Phi) is 7.46. The number of carbonyl (C=O) groups excluding carboxylic acids is 2. The molecule has 1 fully saturated rings. The number of oxazole rings is 1. The number of benzene rings is 2. The molecule has 1 aromatic heterocycles. The van der Waals surface area contributed by atoms with Gasteiger partial charge in [-0.2, -0.15) is 13.2 Å². The van der Waals surface area contributed by atoms with Crippen LogP contribution < -0.4 is 10.2 Å². The lowest BCUT2D eigenvalue weighted by Gasteiger charge is -2.36. The highest BCUT2D eigenvalue weighted by molar-refractivity contribution is 6.04. The van der Waals surface area contributed by atoms with Crippen LogP contribution >= 0.6 is 0 Å². The number of piperazine rings is 1. The van der Waals surface area contributed by atoms with Gasteiger partial charge < -0.3 is 24.6 Å². The largest absolute Gasteiger partial charge is 0.481 e. The van der Waals surface area contributed by atoms with Gasteiger partial charge in [0.1, 0.15) is 0 Å². The zero-order chi connectivity index (χ0) is 26.6. The molecule has 9 nitrogen and oxygen atoms in total. The van der Waals surface area contributed by atoms with Crippen LogP contribution in [0.5, 0.6) is 0 Å². The molecule has 0 spiro atoms. The fourth-order valence-corrected chi connectivity index (χ4v) is 3.90. The second-order valence-electron chi connectivity index (χ2n) is 8.32. The van der Waals surface area contributed by atoms with Crippen LogP contribution in [0.15, 0.2) is 59.0 Å². The van der Waals surface area contributed by atoms with Gasteiger partial charge in [-0.05, 0) is 36.4 Å². The number of alkyl halides is 3. The van der Waals surface area contributed by atoms with Crippen LogP contribution in [-0.2, 0) is 15.8 Å². The first kappa shape index (κ1) is 25.7. The molecule has 2 aromatic carbocycles. The molecule has 3 aromatic rings. The highest BCUT2D eigenvalue weighted by Crippen LogP contribution is 2.35. The van der Waals surface area contributed by atoms with Crippen LogP contribution in [0.1, 0.15) is 29.1 Å². The van der Waals surface area contributed by atoms with Gasteiger partial charge in [0.2, 0.25) is 17.6 Å². The van der Waals surface area contributed by atoms with E-state index in [4.69, 9.17) is 9.52 Å². The molecule has 2 amide bonds. The predicted molar refractivity (Wildman–Crippen MR) is 127 cm³/mol. The zero-order valence-corrected chi connectivity index (χ0v) is 19.5. The molecule has 2 N–H and O–H groups in total. The first-order chi connectivity index (χ1) is 17.6. The molecule has 0 radical (unpaired) electrons. The maximum Gasteiger partial charge on any atom is 0.452 e. The van der Waals surface area contributed by atoms with Crippen molar-refractivity contribution < 1.29 is 37.1 Å². The maximum atomic E-state index is 13.5. The van der Waals surface area contributed by atoms with Crippen LogP contribution in [0.3, 0.4) is 0 Å². The summed E-state index contributed by atoms with van der Waals surface area (Å²) in [5, 5.41) is 11.2. The number of rotatable bonds is 7. The van der Waals surface area contributed by atoms with E-state index < -0.39 is 29.5 Å².